The number of rotatable bonds is 5. The van der Waals surface area contributed by atoms with Gasteiger partial charge in [-0.2, -0.15) is 0 Å². The van der Waals surface area contributed by atoms with Crippen LogP contribution in [0.15, 0.2) is 18.2 Å². The molecule has 0 radical (unpaired) electrons. The van der Waals surface area contributed by atoms with E-state index in [4.69, 9.17) is 16.7 Å². The van der Waals surface area contributed by atoms with Crippen LogP contribution in [-0.2, 0) is 0 Å². The lowest BCUT2D eigenvalue weighted by molar-refractivity contribution is 0.229. The third kappa shape index (κ3) is 3.37. The second kappa shape index (κ2) is 6.09. The highest BCUT2D eigenvalue weighted by atomic mass is 35.5. The molecule has 1 rings (SSSR count). The van der Waals surface area contributed by atoms with Crippen LogP contribution >= 0.6 is 11.6 Å². The highest BCUT2D eigenvalue weighted by Crippen LogP contribution is 2.27. The first-order chi connectivity index (χ1) is 7.58. The topological polar surface area (TPSA) is 52.5 Å². The number of hydrogen-bond acceptors (Lipinski definition) is 3. The first-order valence-corrected chi connectivity index (χ1v) is 5.81. The molecule has 3 nitrogen and oxygen atoms in total. The van der Waals surface area contributed by atoms with Crippen molar-refractivity contribution in [3.63, 3.8) is 0 Å². The van der Waals surface area contributed by atoms with Gasteiger partial charge in [-0.25, -0.2) is 0 Å². The SMILES string of the molecule is CCC(CO)NC(C)c1cc(Cl)ccc1O. The van der Waals surface area contributed by atoms with E-state index in [0.717, 1.165) is 12.0 Å². The molecule has 0 fully saturated rings. The van der Waals surface area contributed by atoms with Crippen molar-refractivity contribution in [2.45, 2.75) is 32.4 Å². The van der Waals surface area contributed by atoms with Crippen LogP contribution in [0.2, 0.25) is 5.02 Å². The van der Waals surface area contributed by atoms with E-state index >= 15 is 0 Å². The fourth-order valence-electron chi connectivity index (χ4n) is 1.62. The molecule has 1 aromatic carbocycles. The molecule has 16 heavy (non-hydrogen) atoms. The fourth-order valence-corrected chi connectivity index (χ4v) is 1.80. The Hall–Kier alpha value is -0.770. The minimum atomic E-state index is -0.0456. The van der Waals surface area contributed by atoms with Gasteiger partial charge in [0.2, 0.25) is 0 Å². The largest absolute Gasteiger partial charge is 0.508 e. The molecule has 0 aromatic heterocycles. The molecule has 0 heterocycles. The van der Waals surface area contributed by atoms with E-state index in [1.807, 2.05) is 13.8 Å². The summed E-state index contributed by atoms with van der Waals surface area (Å²) in [6.07, 6.45) is 0.835. The Kier molecular flexibility index (Phi) is 5.06. The third-order valence-electron chi connectivity index (χ3n) is 2.65. The first-order valence-electron chi connectivity index (χ1n) is 5.43. The summed E-state index contributed by atoms with van der Waals surface area (Å²) in [7, 11) is 0. The number of aromatic hydroxyl groups is 1. The summed E-state index contributed by atoms with van der Waals surface area (Å²) in [5.74, 6) is 0.220. The van der Waals surface area contributed by atoms with E-state index in [9.17, 15) is 5.11 Å². The van der Waals surface area contributed by atoms with Crippen molar-refractivity contribution >= 4 is 11.6 Å². The maximum Gasteiger partial charge on any atom is 0.120 e. The van der Waals surface area contributed by atoms with Gasteiger partial charge in [-0.15, -0.1) is 0 Å². The van der Waals surface area contributed by atoms with Crippen LogP contribution < -0.4 is 5.32 Å². The van der Waals surface area contributed by atoms with Gasteiger partial charge >= 0.3 is 0 Å². The van der Waals surface area contributed by atoms with Crippen molar-refractivity contribution in [3.05, 3.63) is 28.8 Å². The van der Waals surface area contributed by atoms with Crippen molar-refractivity contribution in [1.82, 2.24) is 5.32 Å². The summed E-state index contributed by atoms with van der Waals surface area (Å²) in [6, 6.07) is 4.95. The Bertz CT molecular complexity index is 340. The van der Waals surface area contributed by atoms with E-state index in [1.165, 1.54) is 0 Å². The number of phenols is 1. The van der Waals surface area contributed by atoms with E-state index in [-0.39, 0.29) is 24.4 Å². The maximum atomic E-state index is 9.70. The number of aliphatic hydroxyl groups excluding tert-OH is 1. The molecule has 0 saturated heterocycles. The van der Waals surface area contributed by atoms with Gasteiger partial charge in [0.1, 0.15) is 5.75 Å². The molecule has 4 heteroatoms. The van der Waals surface area contributed by atoms with Crippen molar-refractivity contribution in [2.24, 2.45) is 0 Å². The predicted octanol–water partition coefficient (Wildman–Crippen LogP) is 2.47. The number of hydrogen-bond donors (Lipinski definition) is 3. The molecule has 0 amide bonds. The molecule has 0 saturated carbocycles. The van der Waals surface area contributed by atoms with Crippen LogP contribution in [0, 0.1) is 0 Å². The lowest BCUT2D eigenvalue weighted by atomic mass is 10.1. The number of halogens is 1. The lowest BCUT2D eigenvalue weighted by Crippen LogP contribution is -2.33. The van der Waals surface area contributed by atoms with Crippen molar-refractivity contribution in [2.75, 3.05) is 6.61 Å². The van der Waals surface area contributed by atoms with Crippen LogP contribution in [0.5, 0.6) is 5.75 Å². The van der Waals surface area contributed by atoms with E-state index in [2.05, 4.69) is 5.32 Å². The Labute approximate surface area is 101 Å². The average molecular weight is 244 g/mol. The zero-order chi connectivity index (χ0) is 12.1. The number of benzene rings is 1. The van der Waals surface area contributed by atoms with Crippen LogP contribution in [0.1, 0.15) is 31.9 Å². The molecular weight excluding hydrogens is 226 g/mol. The van der Waals surface area contributed by atoms with Gasteiger partial charge in [0, 0.05) is 22.7 Å². The molecule has 0 spiro atoms. The van der Waals surface area contributed by atoms with Gasteiger partial charge in [0.05, 0.1) is 6.61 Å². The Morgan fingerprint density at radius 2 is 2.12 bits per heavy atom. The molecule has 1 aromatic rings. The summed E-state index contributed by atoms with van der Waals surface area (Å²) in [4.78, 5) is 0. The quantitative estimate of drug-likeness (QED) is 0.745. The summed E-state index contributed by atoms with van der Waals surface area (Å²) >= 11 is 5.88. The van der Waals surface area contributed by atoms with Gasteiger partial charge in [-0.05, 0) is 31.5 Å². The van der Waals surface area contributed by atoms with E-state index in [1.54, 1.807) is 18.2 Å². The van der Waals surface area contributed by atoms with Gasteiger partial charge in [-0.3, -0.25) is 0 Å². The lowest BCUT2D eigenvalue weighted by Gasteiger charge is -2.21. The standard InChI is InChI=1S/C12H18ClNO2/c1-3-10(7-15)14-8(2)11-6-9(13)4-5-12(11)16/h4-6,8,10,14-16H,3,7H2,1-2H3. The number of nitrogens with one attached hydrogen (secondary N) is 1. The van der Waals surface area contributed by atoms with E-state index in [0.29, 0.717) is 5.02 Å². The summed E-state index contributed by atoms with van der Waals surface area (Å²) in [6.45, 7) is 4.02. The van der Waals surface area contributed by atoms with Crippen LogP contribution in [-0.4, -0.2) is 22.9 Å². The number of aliphatic hydroxyl groups is 1. The zero-order valence-electron chi connectivity index (χ0n) is 9.57. The normalized spacial score (nSPS) is 14.8. The summed E-state index contributed by atoms with van der Waals surface area (Å²) in [5.41, 5.74) is 0.749. The van der Waals surface area contributed by atoms with Crippen molar-refractivity contribution < 1.29 is 10.2 Å². The van der Waals surface area contributed by atoms with Crippen molar-refractivity contribution in [1.29, 1.82) is 0 Å². The molecule has 2 atom stereocenters. The molecule has 3 N–H and O–H groups in total. The molecule has 0 aliphatic rings. The van der Waals surface area contributed by atoms with Crippen LogP contribution in [0.3, 0.4) is 0 Å². The smallest absolute Gasteiger partial charge is 0.120 e. The van der Waals surface area contributed by atoms with Gasteiger partial charge < -0.3 is 15.5 Å². The molecule has 90 valence electrons. The van der Waals surface area contributed by atoms with Gasteiger partial charge in [0.25, 0.3) is 0 Å². The zero-order valence-corrected chi connectivity index (χ0v) is 10.3. The highest BCUT2D eigenvalue weighted by Gasteiger charge is 2.14. The Balaban J connectivity index is 2.79. The van der Waals surface area contributed by atoms with Crippen LogP contribution in [0.25, 0.3) is 0 Å². The Morgan fingerprint density at radius 3 is 2.69 bits per heavy atom. The van der Waals surface area contributed by atoms with Crippen LogP contribution in [0.4, 0.5) is 0 Å². The molecule has 0 bridgehead atoms. The monoisotopic (exact) mass is 243 g/mol. The Morgan fingerprint density at radius 1 is 1.44 bits per heavy atom. The second-order valence-corrected chi connectivity index (χ2v) is 4.32. The van der Waals surface area contributed by atoms with Gasteiger partial charge in [0.15, 0.2) is 0 Å². The molecule has 2 unspecified atom stereocenters. The molecule has 0 aliphatic carbocycles. The average Bonchev–Trinajstić information content (AvgIpc) is 2.28. The predicted molar refractivity (Wildman–Crippen MR) is 65.8 cm³/mol. The number of phenolic OH excluding ortho intramolecular Hbond substituents is 1. The van der Waals surface area contributed by atoms with Gasteiger partial charge in [-0.1, -0.05) is 18.5 Å². The molecular formula is C12H18ClNO2. The van der Waals surface area contributed by atoms with E-state index < -0.39 is 0 Å². The third-order valence-corrected chi connectivity index (χ3v) is 2.89. The summed E-state index contributed by atoms with van der Waals surface area (Å²) < 4.78 is 0. The molecule has 0 aliphatic heterocycles. The summed E-state index contributed by atoms with van der Waals surface area (Å²) in [5, 5.41) is 22.6. The van der Waals surface area contributed by atoms with Crippen molar-refractivity contribution in [3.8, 4) is 5.75 Å². The highest BCUT2D eigenvalue weighted by molar-refractivity contribution is 6.30. The maximum absolute atomic E-state index is 9.70. The first kappa shape index (κ1) is 13.3. The second-order valence-electron chi connectivity index (χ2n) is 3.88. The minimum Gasteiger partial charge on any atom is -0.508 e. The fraction of sp³-hybridized carbons (Fsp3) is 0.500. The minimum absolute atomic E-state index is 0.0355.